The molecular formula is C16H20N4. The van der Waals surface area contributed by atoms with Crippen molar-refractivity contribution in [3.05, 3.63) is 31.0 Å². The summed E-state index contributed by atoms with van der Waals surface area (Å²) in [7, 11) is 0. The van der Waals surface area contributed by atoms with Crippen LogP contribution in [0, 0.1) is 17.8 Å². The van der Waals surface area contributed by atoms with E-state index in [9.17, 15) is 0 Å². The molecule has 0 bridgehead atoms. The smallest absolute Gasteiger partial charge is 0.0951 e. The van der Waals surface area contributed by atoms with E-state index in [1.165, 1.54) is 25.7 Å². The molecule has 0 unspecified atom stereocenters. The maximum Gasteiger partial charge on any atom is 0.0951 e. The van der Waals surface area contributed by atoms with Crippen LogP contribution in [0.1, 0.15) is 25.7 Å². The van der Waals surface area contributed by atoms with Crippen molar-refractivity contribution in [2.75, 3.05) is 5.73 Å². The van der Waals surface area contributed by atoms with Crippen LogP contribution in [0.25, 0.3) is 11.3 Å². The summed E-state index contributed by atoms with van der Waals surface area (Å²) in [5, 5.41) is 0. The lowest BCUT2D eigenvalue weighted by molar-refractivity contribution is 0.350. The summed E-state index contributed by atoms with van der Waals surface area (Å²) < 4.78 is 2.27. The fourth-order valence-corrected chi connectivity index (χ4v) is 3.27. The van der Waals surface area contributed by atoms with Crippen molar-refractivity contribution in [3.8, 4) is 11.3 Å². The van der Waals surface area contributed by atoms with Gasteiger partial charge in [-0.05, 0) is 49.5 Å². The largest absolute Gasteiger partial charge is 0.398 e. The molecular weight excluding hydrogens is 248 g/mol. The van der Waals surface area contributed by atoms with E-state index in [0.29, 0.717) is 0 Å². The van der Waals surface area contributed by atoms with E-state index >= 15 is 0 Å². The predicted octanol–water partition coefficient (Wildman–Crippen LogP) is 2.96. The van der Waals surface area contributed by atoms with Crippen LogP contribution in [0.2, 0.25) is 0 Å². The van der Waals surface area contributed by atoms with Crippen molar-refractivity contribution in [2.24, 2.45) is 17.8 Å². The Labute approximate surface area is 119 Å². The Balaban J connectivity index is 1.63. The average Bonchev–Trinajstić information content (AvgIpc) is 3.37. The van der Waals surface area contributed by atoms with Gasteiger partial charge in [0.2, 0.25) is 0 Å². The van der Waals surface area contributed by atoms with Crippen LogP contribution >= 0.6 is 0 Å². The Hall–Kier alpha value is -1.84. The maximum atomic E-state index is 6.07. The SMILES string of the molecule is Nc1ccncc1-c1cncn1CC(C1CC1)C1CC1. The average molecular weight is 268 g/mol. The fraction of sp³-hybridized carbons (Fsp3) is 0.500. The van der Waals surface area contributed by atoms with E-state index in [1.54, 1.807) is 6.20 Å². The molecule has 0 atom stereocenters. The van der Waals surface area contributed by atoms with E-state index in [2.05, 4.69) is 14.5 Å². The highest BCUT2D eigenvalue weighted by Gasteiger charge is 2.41. The van der Waals surface area contributed by atoms with Gasteiger partial charge >= 0.3 is 0 Å². The number of nitrogens with zero attached hydrogens (tertiary/aromatic N) is 3. The molecule has 0 saturated heterocycles. The van der Waals surface area contributed by atoms with Crippen LogP contribution in [0.4, 0.5) is 5.69 Å². The number of aromatic nitrogens is 3. The zero-order chi connectivity index (χ0) is 13.5. The summed E-state index contributed by atoms with van der Waals surface area (Å²) in [6, 6.07) is 1.85. The quantitative estimate of drug-likeness (QED) is 0.907. The van der Waals surface area contributed by atoms with E-state index in [4.69, 9.17) is 5.73 Å². The van der Waals surface area contributed by atoms with Crippen molar-refractivity contribution < 1.29 is 0 Å². The number of hydrogen-bond donors (Lipinski definition) is 1. The molecule has 2 aliphatic carbocycles. The second-order valence-electron chi connectivity index (χ2n) is 6.23. The highest BCUT2D eigenvalue weighted by atomic mass is 15.1. The molecule has 2 aromatic heterocycles. The molecule has 2 aliphatic rings. The standard InChI is InChI=1S/C16H20N4/c17-15-5-6-18-7-13(15)16-8-19-10-20(16)9-14(11-1-2-11)12-3-4-12/h5-8,10-12,14H,1-4,9H2,(H2,17,18). The number of nitrogens with two attached hydrogens (primary N) is 1. The molecule has 20 heavy (non-hydrogen) atoms. The molecule has 0 radical (unpaired) electrons. The van der Waals surface area contributed by atoms with Gasteiger partial charge in [0.05, 0.1) is 18.2 Å². The predicted molar refractivity (Wildman–Crippen MR) is 78.8 cm³/mol. The van der Waals surface area contributed by atoms with E-state index in [0.717, 1.165) is 41.2 Å². The fourth-order valence-electron chi connectivity index (χ4n) is 3.27. The lowest BCUT2D eigenvalue weighted by Gasteiger charge is -2.18. The molecule has 2 heterocycles. The molecule has 0 aliphatic heterocycles. The lowest BCUT2D eigenvalue weighted by atomic mass is 9.97. The van der Waals surface area contributed by atoms with Gasteiger partial charge < -0.3 is 10.3 Å². The van der Waals surface area contributed by atoms with Gasteiger partial charge in [-0.1, -0.05) is 0 Å². The molecule has 0 amide bonds. The Morgan fingerprint density at radius 1 is 1.15 bits per heavy atom. The highest BCUT2D eigenvalue weighted by Crippen LogP contribution is 2.50. The normalized spacial score (nSPS) is 18.6. The molecule has 4 rings (SSSR count). The third-order valence-corrected chi connectivity index (χ3v) is 4.71. The van der Waals surface area contributed by atoms with Gasteiger partial charge in [-0.3, -0.25) is 4.98 Å². The number of imidazole rings is 1. The first-order valence-electron chi connectivity index (χ1n) is 7.53. The summed E-state index contributed by atoms with van der Waals surface area (Å²) in [6.45, 7) is 1.08. The number of pyridine rings is 1. The topological polar surface area (TPSA) is 56.7 Å². The van der Waals surface area contributed by atoms with Crippen LogP contribution in [0.3, 0.4) is 0 Å². The molecule has 2 fully saturated rings. The van der Waals surface area contributed by atoms with Gasteiger partial charge in [0, 0.05) is 30.2 Å². The second kappa shape index (κ2) is 4.62. The first-order valence-corrected chi connectivity index (χ1v) is 7.53. The zero-order valence-electron chi connectivity index (χ0n) is 11.6. The minimum atomic E-state index is 0.774. The highest BCUT2D eigenvalue weighted by molar-refractivity contribution is 5.72. The first kappa shape index (κ1) is 11.9. The Morgan fingerprint density at radius 2 is 1.90 bits per heavy atom. The number of nitrogen functional groups attached to an aromatic ring is 1. The monoisotopic (exact) mass is 268 g/mol. The van der Waals surface area contributed by atoms with Crippen molar-refractivity contribution >= 4 is 5.69 Å². The van der Waals surface area contributed by atoms with Crippen LogP contribution in [-0.2, 0) is 6.54 Å². The van der Waals surface area contributed by atoms with Gasteiger partial charge in [-0.15, -0.1) is 0 Å². The van der Waals surface area contributed by atoms with E-state index < -0.39 is 0 Å². The molecule has 2 N–H and O–H groups in total. The Kier molecular flexibility index (Phi) is 2.76. The van der Waals surface area contributed by atoms with Gasteiger partial charge in [0.25, 0.3) is 0 Å². The second-order valence-corrected chi connectivity index (χ2v) is 6.23. The lowest BCUT2D eigenvalue weighted by Crippen LogP contribution is -2.15. The number of hydrogen-bond acceptors (Lipinski definition) is 3. The van der Waals surface area contributed by atoms with E-state index in [-0.39, 0.29) is 0 Å². The minimum absolute atomic E-state index is 0.774. The van der Waals surface area contributed by atoms with Crippen molar-refractivity contribution in [1.29, 1.82) is 0 Å². The van der Waals surface area contributed by atoms with Crippen LogP contribution in [0.5, 0.6) is 0 Å². The molecule has 2 aromatic rings. The van der Waals surface area contributed by atoms with Gasteiger partial charge in [0.1, 0.15) is 0 Å². The molecule has 4 nitrogen and oxygen atoms in total. The summed E-state index contributed by atoms with van der Waals surface area (Å²) in [5.74, 6) is 2.73. The third kappa shape index (κ3) is 2.19. The summed E-state index contributed by atoms with van der Waals surface area (Å²) in [4.78, 5) is 8.53. The Bertz CT molecular complexity index is 598. The molecule has 0 spiro atoms. The Morgan fingerprint density at radius 3 is 2.55 bits per heavy atom. The summed E-state index contributed by atoms with van der Waals surface area (Å²) >= 11 is 0. The molecule has 104 valence electrons. The van der Waals surface area contributed by atoms with Crippen molar-refractivity contribution in [3.63, 3.8) is 0 Å². The molecule has 0 aromatic carbocycles. The minimum Gasteiger partial charge on any atom is -0.398 e. The van der Waals surface area contributed by atoms with Crippen LogP contribution in [-0.4, -0.2) is 14.5 Å². The molecule has 4 heteroatoms. The van der Waals surface area contributed by atoms with Crippen LogP contribution < -0.4 is 5.73 Å². The van der Waals surface area contributed by atoms with Crippen molar-refractivity contribution in [2.45, 2.75) is 32.2 Å². The summed E-state index contributed by atoms with van der Waals surface area (Å²) in [5.41, 5.74) is 8.94. The number of rotatable bonds is 5. The number of anilines is 1. The maximum absolute atomic E-state index is 6.07. The third-order valence-electron chi connectivity index (χ3n) is 4.71. The van der Waals surface area contributed by atoms with Crippen molar-refractivity contribution in [1.82, 2.24) is 14.5 Å². The van der Waals surface area contributed by atoms with Gasteiger partial charge in [0.15, 0.2) is 0 Å². The molecule has 2 saturated carbocycles. The summed E-state index contributed by atoms with van der Waals surface area (Å²) in [6.07, 6.45) is 13.1. The zero-order valence-corrected chi connectivity index (χ0v) is 11.6. The first-order chi connectivity index (χ1) is 9.83. The van der Waals surface area contributed by atoms with Gasteiger partial charge in [-0.2, -0.15) is 0 Å². The van der Waals surface area contributed by atoms with Gasteiger partial charge in [-0.25, -0.2) is 4.98 Å². The van der Waals surface area contributed by atoms with Crippen LogP contribution in [0.15, 0.2) is 31.0 Å². The van der Waals surface area contributed by atoms with E-state index in [1.807, 2.05) is 24.8 Å².